The van der Waals surface area contributed by atoms with Crippen LogP contribution < -0.4 is 9.04 Å². The molecule has 30 heavy (non-hydrogen) atoms. The third-order valence-electron chi connectivity index (χ3n) is 4.72. The Balaban J connectivity index is 1.60. The van der Waals surface area contributed by atoms with Gasteiger partial charge in [-0.3, -0.25) is 0 Å². The number of esters is 1. The van der Waals surface area contributed by atoms with Crippen LogP contribution in [0.1, 0.15) is 29.3 Å². The fourth-order valence-corrected chi connectivity index (χ4v) is 5.32. The molecule has 1 aromatic heterocycles. The van der Waals surface area contributed by atoms with Gasteiger partial charge in [-0.15, -0.1) is 11.3 Å². The molecule has 0 unspecified atom stereocenters. The lowest BCUT2D eigenvalue weighted by Crippen LogP contribution is -2.24. The number of benzene rings is 2. The van der Waals surface area contributed by atoms with Gasteiger partial charge in [-0.1, -0.05) is 0 Å². The first-order valence-corrected chi connectivity index (χ1v) is 11.3. The molecule has 0 saturated carbocycles. The first-order chi connectivity index (χ1) is 14.6. The average molecular weight is 445 g/mol. The summed E-state index contributed by atoms with van der Waals surface area (Å²) in [5.74, 6) is 0.0488. The molecule has 2 aromatic carbocycles. The molecule has 3 aromatic rings. The Morgan fingerprint density at radius 1 is 1.30 bits per heavy atom. The number of carbonyl (C=O) groups excluding carboxylic acids is 1. The van der Waals surface area contributed by atoms with Gasteiger partial charge in [0.05, 0.1) is 25.0 Å². The number of aromatic nitrogens is 1. The van der Waals surface area contributed by atoms with E-state index in [9.17, 15) is 9.18 Å². The van der Waals surface area contributed by atoms with E-state index in [2.05, 4.69) is 4.31 Å². The highest BCUT2D eigenvalue weighted by Gasteiger charge is 2.25. The monoisotopic (exact) mass is 444 g/mol. The van der Waals surface area contributed by atoms with Gasteiger partial charge >= 0.3 is 5.97 Å². The first kappa shape index (κ1) is 20.7. The maximum Gasteiger partial charge on any atom is 0.338 e. The van der Waals surface area contributed by atoms with E-state index in [0.29, 0.717) is 17.9 Å². The van der Waals surface area contributed by atoms with Gasteiger partial charge in [0.15, 0.2) is 0 Å². The lowest BCUT2D eigenvalue weighted by molar-refractivity contribution is 0.0526. The Morgan fingerprint density at radius 3 is 2.83 bits per heavy atom. The normalized spacial score (nSPS) is 13.1. The highest BCUT2D eigenvalue weighted by atomic mass is 32.2. The molecule has 156 valence electrons. The van der Waals surface area contributed by atoms with Crippen molar-refractivity contribution in [3.05, 3.63) is 58.7 Å². The van der Waals surface area contributed by atoms with E-state index in [1.165, 1.54) is 23.5 Å². The second-order valence-corrected chi connectivity index (χ2v) is 8.60. The number of ether oxygens (including phenoxy) is 2. The fraction of sp³-hybridized carbons (Fsp3) is 0.273. The highest BCUT2D eigenvalue weighted by Crippen LogP contribution is 2.43. The summed E-state index contributed by atoms with van der Waals surface area (Å²) in [6.45, 7) is 2.97. The molecular weight excluding hydrogens is 423 g/mol. The van der Waals surface area contributed by atoms with Crippen LogP contribution in [0.2, 0.25) is 0 Å². The molecule has 2 heterocycles. The number of hydrogen-bond acceptors (Lipinski definition) is 7. The number of nitrogens with zero attached hydrogens (tertiary/aromatic N) is 2. The van der Waals surface area contributed by atoms with Crippen molar-refractivity contribution in [2.75, 3.05) is 24.6 Å². The van der Waals surface area contributed by atoms with Gasteiger partial charge < -0.3 is 13.8 Å². The molecule has 0 N–H and O–H groups in total. The topological polar surface area (TPSA) is 51.7 Å². The van der Waals surface area contributed by atoms with Gasteiger partial charge in [0.1, 0.15) is 21.6 Å². The van der Waals surface area contributed by atoms with Crippen molar-refractivity contribution in [3.8, 4) is 16.3 Å². The van der Waals surface area contributed by atoms with Crippen LogP contribution in [0.25, 0.3) is 10.6 Å². The number of aryl methyl sites for hydroxylation is 1. The van der Waals surface area contributed by atoms with Crippen LogP contribution in [0.4, 0.5) is 10.1 Å². The number of hydrogen-bond donors (Lipinski definition) is 0. The van der Waals surface area contributed by atoms with Crippen molar-refractivity contribution >= 4 is 34.9 Å². The highest BCUT2D eigenvalue weighted by molar-refractivity contribution is 8.00. The lowest BCUT2D eigenvalue weighted by Gasteiger charge is -2.31. The van der Waals surface area contributed by atoms with Crippen molar-refractivity contribution < 1.29 is 18.7 Å². The van der Waals surface area contributed by atoms with Crippen LogP contribution in [0.5, 0.6) is 5.75 Å². The minimum absolute atomic E-state index is 0.260. The summed E-state index contributed by atoms with van der Waals surface area (Å²) in [6, 6.07) is 9.98. The number of anilines is 1. The van der Waals surface area contributed by atoms with Crippen molar-refractivity contribution in [1.82, 2.24) is 4.98 Å². The van der Waals surface area contributed by atoms with Crippen molar-refractivity contribution in [3.63, 3.8) is 0 Å². The minimum Gasteiger partial charge on any atom is -0.495 e. The molecule has 0 fully saturated rings. The molecule has 0 radical (unpaired) electrons. The van der Waals surface area contributed by atoms with Crippen molar-refractivity contribution in [1.29, 1.82) is 0 Å². The summed E-state index contributed by atoms with van der Waals surface area (Å²) in [6.07, 6.45) is 1.83. The smallest absolute Gasteiger partial charge is 0.338 e. The second-order valence-electron chi connectivity index (χ2n) is 6.70. The molecular formula is C22H21FN2O3S2. The van der Waals surface area contributed by atoms with E-state index in [0.717, 1.165) is 46.2 Å². The van der Waals surface area contributed by atoms with Gasteiger partial charge in [0.25, 0.3) is 0 Å². The van der Waals surface area contributed by atoms with Crippen LogP contribution in [0.3, 0.4) is 0 Å². The van der Waals surface area contributed by atoms with E-state index in [4.69, 9.17) is 14.5 Å². The molecule has 4 rings (SSSR count). The number of methoxy groups -OCH3 is 1. The summed E-state index contributed by atoms with van der Waals surface area (Å²) in [4.78, 5) is 16.9. The van der Waals surface area contributed by atoms with Gasteiger partial charge in [0, 0.05) is 29.4 Å². The molecule has 0 aliphatic carbocycles. The van der Waals surface area contributed by atoms with E-state index >= 15 is 0 Å². The second kappa shape index (κ2) is 9.06. The quantitative estimate of drug-likeness (QED) is 0.365. The minimum atomic E-state index is -0.341. The zero-order valence-corrected chi connectivity index (χ0v) is 18.3. The molecule has 0 saturated heterocycles. The molecule has 0 spiro atoms. The molecule has 0 amide bonds. The van der Waals surface area contributed by atoms with Gasteiger partial charge in [-0.2, -0.15) is 0 Å². The predicted molar refractivity (Wildman–Crippen MR) is 118 cm³/mol. The maximum atomic E-state index is 13.2. The van der Waals surface area contributed by atoms with Gasteiger partial charge in [-0.05, 0) is 61.7 Å². The zero-order chi connectivity index (χ0) is 21.1. The van der Waals surface area contributed by atoms with Crippen LogP contribution in [0.15, 0.2) is 46.8 Å². The number of thiazole rings is 1. The summed E-state index contributed by atoms with van der Waals surface area (Å²) >= 11 is 3.07. The third-order valence-corrected chi connectivity index (χ3v) is 6.74. The van der Waals surface area contributed by atoms with Crippen molar-refractivity contribution in [2.45, 2.75) is 24.8 Å². The summed E-state index contributed by atoms with van der Waals surface area (Å²) in [5, 5.41) is 3.71. The Kier molecular flexibility index (Phi) is 6.24. The Bertz CT molecular complexity index is 1040. The van der Waals surface area contributed by atoms with Crippen LogP contribution in [-0.4, -0.2) is 31.2 Å². The van der Waals surface area contributed by atoms with Crippen LogP contribution in [0, 0.1) is 5.82 Å². The molecule has 1 aliphatic heterocycles. The standard InChI is InChI=1S/C22H21FN2O3S2/c1-3-28-22(26)16-11-15-5-4-10-25(20(15)18(12-16)27-2)30-19-13-29-21(24-19)14-6-8-17(23)9-7-14/h6-9,11-13H,3-5,10H2,1-2H3. The molecule has 0 bridgehead atoms. The number of carbonyl (C=O) groups is 1. The lowest BCUT2D eigenvalue weighted by atomic mass is 10.00. The van der Waals surface area contributed by atoms with Gasteiger partial charge in [-0.25, -0.2) is 14.2 Å². The maximum absolute atomic E-state index is 13.2. The first-order valence-electron chi connectivity index (χ1n) is 9.64. The summed E-state index contributed by atoms with van der Waals surface area (Å²) < 4.78 is 26.1. The van der Waals surface area contributed by atoms with E-state index in [1.807, 2.05) is 11.4 Å². The van der Waals surface area contributed by atoms with Gasteiger partial charge in [0.2, 0.25) is 0 Å². The van der Waals surface area contributed by atoms with Crippen LogP contribution in [-0.2, 0) is 11.2 Å². The van der Waals surface area contributed by atoms with E-state index in [1.54, 1.807) is 44.2 Å². The SMILES string of the molecule is CCOC(=O)c1cc2c(c(OC)c1)N(Sc1csc(-c3ccc(F)cc3)n1)CCC2. The summed E-state index contributed by atoms with van der Waals surface area (Å²) in [5.41, 5.74) is 3.43. The van der Waals surface area contributed by atoms with E-state index < -0.39 is 0 Å². The number of halogens is 1. The predicted octanol–water partition coefficient (Wildman–Crippen LogP) is 5.59. The average Bonchev–Trinajstić information content (AvgIpc) is 3.22. The van der Waals surface area contributed by atoms with Crippen molar-refractivity contribution in [2.24, 2.45) is 0 Å². The Hall–Kier alpha value is -2.58. The molecule has 1 aliphatic rings. The largest absolute Gasteiger partial charge is 0.495 e. The zero-order valence-electron chi connectivity index (χ0n) is 16.7. The Morgan fingerprint density at radius 2 is 2.10 bits per heavy atom. The number of rotatable bonds is 6. The fourth-order valence-electron chi connectivity index (χ4n) is 3.38. The summed E-state index contributed by atoms with van der Waals surface area (Å²) in [7, 11) is 1.61. The molecule has 0 atom stereocenters. The number of fused-ring (bicyclic) bond motifs is 1. The third kappa shape index (κ3) is 4.29. The van der Waals surface area contributed by atoms with E-state index in [-0.39, 0.29) is 11.8 Å². The Labute approximate surface area is 183 Å². The van der Waals surface area contributed by atoms with Crippen LogP contribution >= 0.6 is 23.3 Å². The molecule has 8 heteroatoms. The molecule has 5 nitrogen and oxygen atoms in total.